The van der Waals surface area contributed by atoms with Crippen LogP contribution in [0.25, 0.3) is 0 Å². The highest BCUT2D eigenvalue weighted by Crippen LogP contribution is 2.29. The van der Waals surface area contributed by atoms with E-state index >= 15 is 0 Å². The van der Waals surface area contributed by atoms with Crippen molar-refractivity contribution < 1.29 is 19.8 Å². The number of carbonyl (C=O) groups excluding carboxylic acids is 1. The number of nitrogens with one attached hydrogen (secondary N) is 1. The summed E-state index contributed by atoms with van der Waals surface area (Å²) >= 11 is 0. The quantitative estimate of drug-likeness (QED) is 0.361. The third-order valence-corrected chi connectivity index (χ3v) is 5.66. The molecule has 1 aliphatic heterocycles. The van der Waals surface area contributed by atoms with Crippen molar-refractivity contribution in [3.63, 3.8) is 0 Å². The van der Waals surface area contributed by atoms with Crippen LogP contribution in [0, 0.1) is 6.92 Å². The van der Waals surface area contributed by atoms with Crippen molar-refractivity contribution in [2.24, 2.45) is 10.2 Å². The molecule has 0 saturated heterocycles. The summed E-state index contributed by atoms with van der Waals surface area (Å²) in [7, 11) is 0. The Balaban J connectivity index is 1.50. The number of para-hydroxylation sites is 1. The van der Waals surface area contributed by atoms with Crippen LogP contribution in [-0.4, -0.2) is 33.5 Å². The first-order valence-electron chi connectivity index (χ1n) is 10.8. The van der Waals surface area contributed by atoms with Gasteiger partial charge in [0.15, 0.2) is 5.71 Å². The Bertz CT molecular complexity index is 1330. The molecule has 1 amide bonds. The van der Waals surface area contributed by atoms with E-state index in [0.717, 1.165) is 17.0 Å². The fourth-order valence-electron chi connectivity index (χ4n) is 3.73. The van der Waals surface area contributed by atoms with Crippen molar-refractivity contribution in [1.29, 1.82) is 0 Å². The molecule has 172 valence electrons. The van der Waals surface area contributed by atoms with Gasteiger partial charge >= 0.3 is 11.9 Å². The maximum atomic E-state index is 12.9. The van der Waals surface area contributed by atoms with E-state index in [9.17, 15) is 19.8 Å². The lowest BCUT2D eigenvalue weighted by molar-refractivity contribution is -0.112. The third-order valence-electron chi connectivity index (χ3n) is 5.66. The molecule has 0 atom stereocenters. The number of nitrogens with zero attached hydrogens (tertiary/aromatic N) is 3. The number of phenols is 1. The van der Waals surface area contributed by atoms with Gasteiger partial charge in [0.05, 0.1) is 22.6 Å². The molecular formula is C26H24N4O4. The van der Waals surface area contributed by atoms with Crippen LogP contribution in [0.4, 0.5) is 11.4 Å². The summed E-state index contributed by atoms with van der Waals surface area (Å²) in [6.07, 6.45) is 1.43. The maximum Gasteiger partial charge on any atom is 0.335 e. The topological polar surface area (TPSA) is 115 Å². The second kappa shape index (κ2) is 9.58. The number of amides is 1. The van der Waals surface area contributed by atoms with Crippen LogP contribution in [0.1, 0.15) is 34.0 Å². The lowest BCUT2D eigenvalue weighted by atomic mass is 10.00. The number of hydrogen-bond acceptors (Lipinski definition) is 6. The third kappa shape index (κ3) is 4.66. The molecule has 0 aromatic heterocycles. The standard InChI is InChI=1S/C26H24N4O4/c1-16-7-3-4-8-18(16)13-14-19-9-6-12-22(24(19)31)27-28-23-17(2)29-30(25(23)32)21-11-5-10-20(15-21)26(33)34/h3-12,15,27,31H,13-14H2,1-2H3,(H,33,34)/b28-23-. The summed E-state index contributed by atoms with van der Waals surface area (Å²) in [6.45, 7) is 3.70. The first-order chi connectivity index (χ1) is 16.3. The van der Waals surface area contributed by atoms with Gasteiger partial charge in [-0.25, -0.2) is 4.79 Å². The molecule has 1 aliphatic rings. The zero-order valence-electron chi connectivity index (χ0n) is 18.8. The Labute approximate surface area is 196 Å². The van der Waals surface area contributed by atoms with Gasteiger partial charge in [-0.3, -0.25) is 10.2 Å². The van der Waals surface area contributed by atoms with Gasteiger partial charge < -0.3 is 10.2 Å². The first kappa shape index (κ1) is 22.7. The minimum absolute atomic E-state index is 0.0501. The molecule has 4 rings (SSSR count). The second-order valence-electron chi connectivity index (χ2n) is 7.97. The fraction of sp³-hybridized carbons (Fsp3) is 0.154. The average molecular weight is 457 g/mol. The molecule has 0 aliphatic carbocycles. The summed E-state index contributed by atoms with van der Waals surface area (Å²) in [4.78, 5) is 24.1. The maximum absolute atomic E-state index is 12.9. The number of hydrazone groups is 2. The monoisotopic (exact) mass is 456 g/mol. The molecular weight excluding hydrogens is 432 g/mol. The molecule has 3 aromatic rings. The Kier molecular flexibility index (Phi) is 6.40. The summed E-state index contributed by atoms with van der Waals surface area (Å²) in [5, 5.41) is 29.5. The van der Waals surface area contributed by atoms with Crippen LogP contribution in [0.15, 0.2) is 76.9 Å². The first-order valence-corrected chi connectivity index (χ1v) is 10.8. The molecule has 8 nitrogen and oxygen atoms in total. The van der Waals surface area contributed by atoms with E-state index in [1.807, 2.05) is 24.3 Å². The van der Waals surface area contributed by atoms with Gasteiger partial charge in [0, 0.05) is 0 Å². The Hall–Kier alpha value is -4.46. The highest BCUT2D eigenvalue weighted by Gasteiger charge is 2.31. The summed E-state index contributed by atoms with van der Waals surface area (Å²) < 4.78 is 0. The summed E-state index contributed by atoms with van der Waals surface area (Å²) in [6, 6.07) is 19.4. The van der Waals surface area contributed by atoms with Crippen molar-refractivity contribution in [3.8, 4) is 5.75 Å². The highest BCUT2D eigenvalue weighted by molar-refractivity contribution is 6.71. The number of anilines is 2. The van der Waals surface area contributed by atoms with Crippen LogP contribution < -0.4 is 10.4 Å². The Morgan fingerprint density at radius 1 is 1.00 bits per heavy atom. The van der Waals surface area contributed by atoms with Gasteiger partial charge in [-0.05, 0) is 67.6 Å². The molecule has 0 spiro atoms. The molecule has 0 fully saturated rings. The number of aryl methyl sites for hydroxylation is 3. The minimum Gasteiger partial charge on any atom is -0.505 e. The predicted octanol–water partition coefficient (Wildman–Crippen LogP) is 4.37. The number of rotatable bonds is 7. The van der Waals surface area contributed by atoms with Gasteiger partial charge in [-0.2, -0.15) is 15.2 Å². The van der Waals surface area contributed by atoms with Crippen LogP contribution in [0.2, 0.25) is 0 Å². The lowest BCUT2D eigenvalue weighted by Gasteiger charge is -2.12. The zero-order valence-corrected chi connectivity index (χ0v) is 18.8. The van der Waals surface area contributed by atoms with E-state index in [-0.39, 0.29) is 17.0 Å². The van der Waals surface area contributed by atoms with Crippen LogP contribution in [0.3, 0.4) is 0 Å². The van der Waals surface area contributed by atoms with Gasteiger partial charge in [0.2, 0.25) is 0 Å². The Morgan fingerprint density at radius 3 is 2.47 bits per heavy atom. The second-order valence-corrected chi connectivity index (χ2v) is 7.97. The van der Waals surface area contributed by atoms with Crippen molar-refractivity contribution in [2.45, 2.75) is 26.7 Å². The van der Waals surface area contributed by atoms with E-state index in [4.69, 9.17) is 0 Å². The lowest BCUT2D eigenvalue weighted by Crippen LogP contribution is -2.28. The largest absolute Gasteiger partial charge is 0.505 e. The van der Waals surface area contributed by atoms with Crippen molar-refractivity contribution in [2.75, 3.05) is 10.4 Å². The van der Waals surface area contributed by atoms with Gasteiger partial charge in [-0.15, -0.1) is 0 Å². The van der Waals surface area contributed by atoms with Crippen molar-refractivity contribution in [3.05, 3.63) is 89.0 Å². The normalized spacial score (nSPS) is 14.4. The number of carbonyl (C=O) groups is 2. The summed E-state index contributed by atoms with van der Waals surface area (Å²) in [5.41, 5.74) is 7.17. The fourth-order valence-corrected chi connectivity index (χ4v) is 3.73. The number of aromatic hydroxyl groups is 1. The minimum atomic E-state index is -1.09. The van der Waals surface area contributed by atoms with Gasteiger partial charge in [0.25, 0.3) is 0 Å². The molecule has 3 aromatic carbocycles. The molecule has 1 heterocycles. The number of benzene rings is 3. The molecule has 8 heteroatoms. The number of carboxylic acid groups (broad SMARTS) is 1. The highest BCUT2D eigenvalue weighted by atomic mass is 16.4. The number of phenolic OH excluding ortho intramolecular Hbond substituents is 1. The molecule has 0 radical (unpaired) electrons. The molecule has 34 heavy (non-hydrogen) atoms. The van der Waals surface area contributed by atoms with E-state index in [2.05, 4.69) is 34.7 Å². The smallest absolute Gasteiger partial charge is 0.335 e. The zero-order chi connectivity index (χ0) is 24.2. The molecule has 0 unspecified atom stereocenters. The van der Waals surface area contributed by atoms with Crippen LogP contribution in [-0.2, 0) is 17.6 Å². The van der Waals surface area contributed by atoms with E-state index < -0.39 is 11.9 Å². The SMILES string of the molecule is CC1=NN(c2cccc(C(=O)O)c2)C(=O)/C1=N\Nc1cccc(CCc2ccccc2C)c1O. The number of carboxylic acids is 1. The predicted molar refractivity (Wildman–Crippen MR) is 132 cm³/mol. The molecule has 0 saturated carbocycles. The van der Waals surface area contributed by atoms with E-state index in [0.29, 0.717) is 23.5 Å². The Morgan fingerprint density at radius 2 is 1.71 bits per heavy atom. The molecule has 3 N–H and O–H groups in total. The number of aromatic carboxylic acids is 1. The van der Waals surface area contributed by atoms with Crippen LogP contribution >= 0.6 is 0 Å². The van der Waals surface area contributed by atoms with E-state index in [1.165, 1.54) is 23.3 Å². The number of hydrogen-bond donors (Lipinski definition) is 3. The van der Waals surface area contributed by atoms with Crippen LogP contribution in [0.5, 0.6) is 5.75 Å². The van der Waals surface area contributed by atoms with Gasteiger partial charge in [0.1, 0.15) is 5.75 Å². The van der Waals surface area contributed by atoms with Crippen molar-refractivity contribution >= 4 is 34.7 Å². The van der Waals surface area contributed by atoms with Gasteiger partial charge in [-0.1, -0.05) is 42.5 Å². The van der Waals surface area contributed by atoms with Crippen molar-refractivity contribution in [1.82, 2.24) is 0 Å². The van der Waals surface area contributed by atoms with E-state index in [1.54, 1.807) is 25.1 Å². The summed E-state index contributed by atoms with van der Waals surface area (Å²) in [5.74, 6) is -1.52. The average Bonchev–Trinajstić information content (AvgIpc) is 3.11. The molecule has 0 bridgehead atoms.